The van der Waals surface area contributed by atoms with Crippen molar-refractivity contribution in [2.45, 2.75) is 0 Å². The third-order valence-electron chi connectivity index (χ3n) is 12.4. The second kappa shape index (κ2) is 14.8. The predicted octanol–water partition coefficient (Wildman–Crippen LogP) is 17.2. The van der Waals surface area contributed by atoms with E-state index in [1.54, 1.807) is 0 Å². The second-order valence-corrected chi connectivity index (χ2v) is 16.1. The summed E-state index contributed by atoms with van der Waals surface area (Å²) in [5, 5.41) is 9.78. The molecule has 0 spiro atoms. The zero-order valence-electron chi connectivity index (χ0n) is 33.9. The van der Waals surface area contributed by atoms with E-state index in [1.807, 2.05) is 12.1 Å². The van der Waals surface area contributed by atoms with Gasteiger partial charge in [-0.2, -0.15) is 0 Å². The minimum absolute atomic E-state index is 0.890. The molecule has 0 unspecified atom stereocenters. The van der Waals surface area contributed by atoms with Gasteiger partial charge in [-0.05, 0) is 125 Å². The molecule has 12 aromatic rings. The van der Waals surface area contributed by atoms with Gasteiger partial charge in [0.1, 0.15) is 11.2 Å². The van der Waals surface area contributed by atoms with Crippen molar-refractivity contribution in [1.82, 2.24) is 0 Å². The lowest BCUT2D eigenvalue weighted by Gasteiger charge is -2.27. The van der Waals surface area contributed by atoms with E-state index >= 15 is 0 Å². The molecular formula is C60H39NO. The second-order valence-electron chi connectivity index (χ2n) is 16.1. The molecule has 0 aliphatic heterocycles. The number of hydrogen-bond donors (Lipinski definition) is 0. The minimum Gasteiger partial charge on any atom is -0.456 e. The van der Waals surface area contributed by atoms with E-state index in [9.17, 15) is 0 Å². The molecule has 0 radical (unpaired) electrons. The first-order valence-corrected chi connectivity index (χ1v) is 21.2. The van der Waals surface area contributed by atoms with Gasteiger partial charge in [0.05, 0.1) is 0 Å². The van der Waals surface area contributed by atoms with Gasteiger partial charge in [-0.1, -0.05) is 188 Å². The highest BCUT2D eigenvalue weighted by molar-refractivity contribution is 6.13. The number of furan rings is 1. The molecule has 0 aliphatic rings. The van der Waals surface area contributed by atoms with Crippen molar-refractivity contribution in [3.05, 3.63) is 237 Å². The molecule has 0 atom stereocenters. The van der Waals surface area contributed by atoms with Crippen LogP contribution in [0, 0.1) is 0 Å². The Balaban J connectivity index is 1.00. The highest BCUT2D eigenvalue weighted by atomic mass is 16.3. The Hall–Kier alpha value is -8.20. The lowest BCUT2D eigenvalue weighted by atomic mass is 9.94. The molecule has 0 N–H and O–H groups in total. The van der Waals surface area contributed by atoms with Crippen LogP contribution in [0.3, 0.4) is 0 Å². The molecule has 0 saturated heterocycles. The maximum atomic E-state index is 6.34. The van der Waals surface area contributed by atoms with Gasteiger partial charge in [0, 0.05) is 27.8 Å². The van der Waals surface area contributed by atoms with Crippen molar-refractivity contribution in [3.63, 3.8) is 0 Å². The van der Waals surface area contributed by atoms with Gasteiger partial charge in [-0.25, -0.2) is 0 Å². The Morgan fingerprint density at radius 3 is 1.50 bits per heavy atom. The molecule has 2 heteroatoms. The molecule has 0 aliphatic carbocycles. The van der Waals surface area contributed by atoms with Crippen molar-refractivity contribution >= 4 is 71.3 Å². The summed E-state index contributed by atoms with van der Waals surface area (Å²) in [6.45, 7) is 0. The van der Waals surface area contributed by atoms with Crippen molar-refractivity contribution in [2.75, 3.05) is 4.90 Å². The summed E-state index contributed by atoms with van der Waals surface area (Å²) in [7, 11) is 0. The van der Waals surface area contributed by atoms with Gasteiger partial charge in [-0.15, -0.1) is 0 Å². The normalized spacial score (nSPS) is 11.5. The largest absolute Gasteiger partial charge is 0.456 e. The molecule has 290 valence electrons. The summed E-state index contributed by atoms with van der Waals surface area (Å²) in [5.74, 6) is 0. The highest BCUT2D eigenvalue weighted by Gasteiger charge is 2.18. The molecule has 2 nitrogen and oxygen atoms in total. The van der Waals surface area contributed by atoms with Crippen molar-refractivity contribution in [1.29, 1.82) is 0 Å². The van der Waals surface area contributed by atoms with Gasteiger partial charge in [-0.3, -0.25) is 0 Å². The van der Waals surface area contributed by atoms with Crippen LogP contribution in [0.15, 0.2) is 241 Å². The average molecular weight is 790 g/mol. The SMILES string of the molecule is c1cc(-c2ccc(-c3cccc4ccccc34)cc2)cc(N(c2cccc(-c3cccc4c3ccc3ccccc34)c2)c2cccc(-c3cccc4oc5ccccc5c34)c2)c1. The van der Waals surface area contributed by atoms with Crippen molar-refractivity contribution in [2.24, 2.45) is 0 Å². The number of hydrogen-bond acceptors (Lipinski definition) is 2. The predicted molar refractivity (Wildman–Crippen MR) is 263 cm³/mol. The summed E-state index contributed by atoms with van der Waals surface area (Å²) in [5.41, 5.74) is 14.4. The fraction of sp³-hybridized carbons (Fsp3) is 0. The smallest absolute Gasteiger partial charge is 0.136 e. The van der Waals surface area contributed by atoms with E-state index in [0.717, 1.165) is 55.7 Å². The van der Waals surface area contributed by atoms with Gasteiger partial charge in [0.2, 0.25) is 0 Å². The maximum absolute atomic E-state index is 6.34. The lowest BCUT2D eigenvalue weighted by Crippen LogP contribution is -2.10. The lowest BCUT2D eigenvalue weighted by molar-refractivity contribution is 0.669. The topological polar surface area (TPSA) is 16.4 Å². The Kier molecular flexibility index (Phi) is 8.53. The van der Waals surface area contributed by atoms with Gasteiger partial charge in [0.15, 0.2) is 0 Å². The first kappa shape index (κ1) is 35.7. The molecule has 1 heterocycles. The first-order valence-electron chi connectivity index (χ1n) is 21.2. The van der Waals surface area contributed by atoms with Crippen LogP contribution < -0.4 is 4.90 Å². The van der Waals surface area contributed by atoms with Crippen LogP contribution in [-0.2, 0) is 0 Å². The Labute approximate surface area is 360 Å². The number of nitrogens with zero attached hydrogens (tertiary/aromatic N) is 1. The van der Waals surface area contributed by atoms with Crippen molar-refractivity contribution in [3.8, 4) is 44.5 Å². The highest BCUT2D eigenvalue weighted by Crippen LogP contribution is 2.43. The monoisotopic (exact) mass is 789 g/mol. The molecule has 1 aromatic heterocycles. The van der Waals surface area contributed by atoms with Gasteiger partial charge in [0.25, 0.3) is 0 Å². The molecule has 62 heavy (non-hydrogen) atoms. The standard InChI is InChI=1S/C60H39NO/c1-3-22-50-41(13-1)15-10-25-51(50)43-33-31-40(32-34-43)44-16-7-19-47(37-44)61(49-21-9-18-46(39-49)54-27-12-30-59-60(54)57-24-5-6-29-58(57)62-59)48-20-8-17-45(38-48)53-26-11-28-55-52-23-4-2-14-42(52)35-36-56(53)55/h1-39H. The number of para-hydroxylation sites is 1. The van der Waals surface area contributed by atoms with Crippen LogP contribution in [0.4, 0.5) is 17.1 Å². The quantitative estimate of drug-likeness (QED) is 0.150. The zero-order chi connectivity index (χ0) is 41.0. The van der Waals surface area contributed by atoms with E-state index in [2.05, 4.69) is 229 Å². The number of fused-ring (bicyclic) bond motifs is 7. The van der Waals surface area contributed by atoms with Crippen LogP contribution in [-0.4, -0.2) is 0 Å². The summed E-state index contributed by atoms with van der Waals surface area (Å²) in [6.07, 6.45) is 0. The van der Waals surface area contributed by atoms with Crippen LogP contribution in [0.2, 0.25) is 0 Å². The van der Waals surface area contributed by atoms with E-state index in [-0.39, 0.29) is 0 Å². The molecule has 12 rings (SSSR count). The van der Waals surface area contributed by atoms with Gasteiger partial charge < -0.3 is 9.32 Å². The van der Waals surface area contributed by atoms with Gasteiger partial charge >= 0.3 is 0 Å². The molecule has 0 amide bonds. The molecule has 0 bridgehead atoms. The number of anilines is 3. The van der Waals surface area contributed by atoms with Crippen LogP contribution in [0.5, 0.6) is 0 Å². The average Bonchev–Trinajstić information content (AvgIpc) is 3.73. The summed E-state index contributed by atoms with van der Waals surface area (Å²) in [4.78, 5) is 2.40. The molecule has 0 saturated carbocycles. The Morgan fingerprint density at radius 1 is 0.258 bits per heavy atom. The maximum Gasteiger partial charge on any atom is 0.136 e. The van der Waals surface area contributed by atoms with Crippen molar-refractivity contribution < 1.29 is 4.42 Å². The first-order chi connectivity index (χ1) is 30.7. The molecule has 11 aromatic carbocycles. The van der Waals surface area contributed by atoms with E-state index in [0.29, 0.717) is 0 Å². The summed E-state index contributed by atoms with van der Waals surface area (Å²) >= 11 is 0. The van der Waals surface area contributed by atoms with Crippen LogP contribution in [0.1, 0.15) is 0 Å². The fourth-order valence-corrected chi connectivity index (χ4v) is 9.52. The Morgan fingerprint density at radius 2 is 0.742 bits per heavy atom. The van der Waals surface area contributed by atoms with E-state index in [1.165, 1.54) is 60.1 Å². The minimum atomic E-state index is 0.890. The third kappa shape index (κ3) is 6.12. The zero-order valence-corrected chi connectivity index (χ0v) is 33.9. The summed E-state index contributed by atoms with van der Waals surface area (Å²) in [6, 6.07) is 85.6. The summed E-state index contributed by atoms with van der Waals surface area (Å²) < 4.78 is 6.34. The number of rotatable bonds is 7. The van der Waals surface area contributed by atoms with Crippen LogP contribution >= 0.6 is 0 Å². The molecule has 0 fully saturated rings. The van der Waals surface area contributed by atoms with E-state index in [4.69, 9.17) is 4.42 Å². The van der Waals surface area contributed by atoms with Crippen LogP contribution in [0.25, 0.3) is 98.8 Å². The molecular weight excluding hydrogens is 751 g/mol. The Bertz CT molecular complexity index is 3650. The third-order valence-corrected chi connectivity index (χ3v) is 12.4. The number of benzene rings is 11. The van der Waals surface area contributed by atoms with E-state index < -0.39 is 0 Å². The fourth-order valence-electron chi connectivity index (χ4n) is 9.52.